The standard InChI is InChI=1S/C23H30FN5O5/c1-28(13-15-5-3-6-15)22(32)33-14-19-20(26-27-29(19)2)18-9-8-17(12-25-18)34-16-7-4-10-23(24,11-16)21(30)31/h8-9,12,15-16H,3-7,10-11,13-14H2,1-2H3,(H,30,31)/t16-,23+/m1/s1. The van der Waals surface area contributed by atoms with Crippen LogP contribution in [0, 0.1) is 5.92 Å². The lowest BCUT2D eigenvalue weighted by atomic mass is 9.84. The number of aromatic nitrogens is 4. The smallest absolute Gasteiger partial charge is 0.409 e. The zero-order valence-corrected chi connectivity index (χ0v) is 19.4. The van der Waals surface area contributed by atoms with Crippen molar-refractivity contribution in [1.82, 2.24) is 24.9 Å². The summed E-state index contributed by atoms with van der Waals surface area (Å²) < 4.78 is 27.3. The van der Waals surface area contributed by atoms with Crippen LogP contribution >= 0.6 is 0 Å². The molecule has 0 aliphatic heterocycles. The summed E-state index contributed by atoms with van der Waals surface area (Å²) in [5, 5.41) is 17.3. The number of ether oxygens (including phenoxy) is 2. The normalized spacial score (nSPS) is 22.6. The van der Waals surface area contributed by atoms with E-state index in [1.165, 1.54) is 17.3 Å². The molecule has 0 spiro atoms. The van der Waals surface area contributed by atoms with Gasteiger partial charge in [0, 0.05) is 27.1 Å². The zero-order chi connectivity index (χ0) is 24.3. The highest BCUT2D eigenvalue weighted by atomic mass is 19.1. The van der Waals surface area contributed by atoms with E-state index in [2.05, 4.69) is 15.3 Å². The molecule has 2 aliphatic rings. The Morgan fingerprint density at radius 2 is 2.09 bits per heavy atom. The summed E-state index contributed by atoms with van der Waals surface area (Å²) in [4.78, 5) is 29.5. The SMILES string of the molecule is CN(CC1CCC1)C(=O)OCc1c(-c2ccc(O[C@@H]3CCC[C@@](F)(C(=O)O)C3)cn2)nnn1C. The van der Waals surface area contributed by atoms with E-state index >= 15 is 0 Å². The van der Waals surface area contributed by atoms with Gasteiger partial charge in [-0.3, -0.25) is 4.98 Å². The summed E-state index contributed by atoms with van der Waals surface area (Å²) in [6.07, 6.45) is 4.89. The molecule has 11 heteroatoms. The molecular formula is C23H30FN5O5. The maximum absolute atomic E-state index is 14.5. The molecule has 0 saturated heterocycles. The molecule has 184 valence electrons. The van der Waals surface area contributed by atoms with Crippen LogP contribution in [0.2, 0.25) is 0 Å². The molecule has 4 rings (SSSR count). The Kier molecular flexibility index (Phi) is 6.99. The number of hydrogen-bond donors (Lipinski definition) is 1. The summed E-state index contributed by atoms with van der Waals surface area (Å²) in [5.74, 6) is -0.479. The van der Waals surface area contributed by atoms with E-state index in [4.69, 9.17) is 14.6 Å². The fourth-order valence-electron chi connectivity index (χ4n) is 4.37. The molecular weight excluding hydrogens is 445 g/mol. The summed E-state index contributed by atoms with van der Waals surface area (Å²) in [5.41, 5.74) is -0.658. The van der Waals surface area contributed by atoms with Gasteiger partial charge in [-0.05, 0) is 50.2 Å². The van der Waals surface area contributed by atoms with Crippen LogP contribution in [0.15, 0.2) is 18.3 Å². The summed E-state index contributed by atoms with van der Waals surface area (Å²) >= 11 is 0. The number of nitrogens with zero attached hydrogens (tertiary/aromatic N) is 5. The molecule has 2 aromatic heterocycles. The molecule has 2 fully saturated rings. The molecule has 2 aromatic rings. The minimum atomic E-state index is -2.26. The Morgan fingerprint density at radius 1 is 1.29 bits per heavy atom. The van der Waals surface area contributed by atoms with Gasteiger partial charge in [0.25, 0.3) is 0 Å². The molecule has 0 unspecified atom stereocenters. The van der Waals surface area contributed by atoms with Crippen molar-refractivity contribution >= 4 is 12.1 Å². The van der Waals surface area contributed by atoms with E-state index in [0.717, 1.165) is 12.8 Å². The Balaban J connectivity index is 1.37. The summed E-state index contributed by atoms with van der Waals surface area (Å²) in [6, 6.07) is 3.37. The van der Waals surface area contributed by atoms with Crippen molar-refractivity contribution in [2.24, 2.45) is 13.0 Å². The zero-order valence-electron chi connectivity index (χ0n) is 19.4. The van der Waals surface area contributed by atoms with Crippen molar-refractivity contribution in [1.29, 1.82) is 0 Å². The number of alkyl halides is 1. The van der Waals surface area contributed by atoms with E-state index in [0.29, 0.717) is 48.1 Å². The first-order valence-corrected chi connectivity index (χ1v) is 11.6. The predicted octanol–water partition coefficient (Wildman–Crippen LogP) is 3.36. The van der Waals surface area contributed by atoms with Crippen LogP contribution in [0.5, 0.6) is 5.75 Å². The highest BCUT2D eigenvalue weighted by Gasteiger charge is 2.44. The highest BCUT2D eigenvalue weighted by molar-refractivity contribution is 5.77. The lowest BCUT2D eigenvalue weighted by molar-refractivity contribution is -0.155. The predicted molar refractivity (Wildman–Crippen MR) is 119 cm³/mol. The molecule has 0 aromatic carbocycles. The maximum Gasteiger partial charge on any atom is 0.409 e. The van der Waals surface area contributed by atoms with Crippen molar-refractivity contribution in [3.8, 4) is 17.1 Å². The van der Waals surface area contributed by atoms with Gasteiger partial charge in [-0.15, -0.1) is 5.10 Å². The third-order valence-corrected chi connectivity index (χ3v) is 6.66. The number of carboxylic acids is 1. The molecule has 0 radical (unpaired) electrons. The topological polar surface area (TPSA) is 120 Å². The Morgan fingerprint density at radius 3 is 2.74 bits per heavy atom. The van der Waals surface area contributed by atoms with Crippen molar-refractivity contribution in [2.45, 2.75) is 63.3 Å². The number of pyridine rings is 1. The molecule has 34 heavy (non-hydrogen) atoms. The Hall–Kier alpha value is -3.24. The van der Waals surface area contributed by atoms with Gasteiger partial charge in [-0.1, -0.05) is 11.6 Å². The van der Waals surface area contributed by atoms with Gasteiger partial charge < -0.3 is 19.5 Å². The number of aryl methyl sites for hydroxylation is 1. The molecule has 0 bridgehead atoms. The molecule has 2 saturated carbocycles. The van der Waals surface area contributed by atoms with Crippen molar-refractivity contribution in [3.05, 3.63) is 24.0 Å². The van der Waals surface area contributed by atoms with Crippen LogP contribution in [0.25, 0.3) is 11.4 Å². The van der Waals surface area contributed by atoms with Gasteiger partial charge in [-0.25, -0.2) is 18.7 Å². The molecule has 1 amide bonds. The number of carbonyl (C=O) groups excluding carboxylic acids is 1. The van der Waals surface area contributed by atoms with E-state index in [1.54, 1.807) is 31.1 Å². The lowest BCUT2D eigenvalue weighted by Crippen LogP contribution is -2.42. The average Bonchev–Trinajstić information content (AvgIpc) is 3.15. The molecule has 2 heterocycles. The van der Waals surface area contributed by atoms with Gasteiger partial charge in [0.1, 0.15) is 29.8 Å². The number of amides is 1. The van der Waals surface area contributed by atoms with Crippen molar-refractivity contribution in [3.63, 3.8) is 0 Å². The molecule has 2 aliphatic carbocycles. The Labute approximate surface area is 197 Å². The van der Waals surface area contributed by atoms with Gasteiger partial charge in [0.15, 0.2) is 0 Å². The largest absolute Gasteiger partial charge is 0.489 e. The van der Waals surface area contributed by atoms with Crippen LogP contribution < -0.4 is 4.74 Å². The molecule has 1 N–H and O–H groups in total. The fourth-order valence-corrected chi connectivity index (χ4v) is 4.37. The van der Waals surface area contributed by atoms with Gasteiger partial charge in [-0.2, -0.15) is 0 Å². The average molecular weight is 476 g/mol. The van der Waals surface area contributed by atoms with Crippen LogP contribution in [0.4, 0.5) is 9.18 Å². The van der Waals surface area contributed by atoms with Gasteiger partial charge >= 0.3 is 12.1 Å². The van der Waals surface area contributed by atoms with E-state index < -0.39 is 23.8 Å². The van der Waals surface area contributed by atoms with Crippen LogP contribution in [-0.4, -0.2) is 67.4 Å². The van der Waals surface area contributed by atoms with Crippen LogP contribution in [-0.2, 0) is 23.2 Å². The van der Waals surface area contributed by atoms with E-state index in [9.17, 15) is 14.0 Å². The second-order valence-electron chi connectivity index (χ2n) is 9.23. The number of carboxylic acid groups (broad SMARTS) is 1. The summed E-state index contributed by atoms with van der Waals surface area (Å²) in [7, 11) is 3.45. The maximum atomic E-state index is 14.5. The van der Waals surface area contributed by atoms with Gasteiger partial charge in [0.05, 0.1) is 11.9 Å². The minimum absolute atomic E-state index is 0.00243. The van der Waals surface area contributed by atoms with Crippen LogP contribution in [0.1, 0.15) is 50.6 Å². The van der Waals surface area contributed by atoms with Crippen molar-refractivity contribution < 1.29 is 28.6 Å². The number of carbonyl (C=O) groups is 2. The second-order valence-corrected chi connectivity index (χ2v) is 9.23. The third-order valence-electron chi connectivity index (χ3n) is 6.66. The summed E-state index contributed by atoms with van der Waals surface area (Å²) in [6.45, 7) is 0.692. The molecule has 2 atom stereocenters. The van der Waals surface area contributed by atoms with Gasteiger partial charge in [0.2, 0.25) is 5.67 Å². The first-order valence-electron chi connectivity index (χ1n) is 11.6. The van der Waals surface area contributed by atoms with E-state index in [1.807, 2.05) is 0 Å². The quantitative estimate of drug-likeness (QED) is 0.617. The first-order chi connectivity index (χ1) is 16.2. The number of halogens is 1. The molecule has 10 nitrogen and oxygen atoms in total. The number of hydrogen-bond acceptors (Lipinski definition) is 7. The fraction of sp³-hybridized carbons (Fsp3) is 0.609. The third kappa shape index (κ3) is 5.28. The number of rotatable bonds is 8. The van der Waals surface area contributed by atoms with Crippen LogP contribution in [0.3, 0.4) is 0 Å². The Bertz CT molecular complexity index is 1030. The van der Waals surface area contributed by atoms with Crippen molar-refractivity contribution in [2.75, 3.05) is 13.6 Å². The first kappa shape index (κ1) is 23.9. The second kappa shape index (κ2) is 9.94. The lowest BCUT2D eigenvalue weighted by Gasteiger charge is -2.31. The highest BCUT2D eigenvalue weighted by Crippen LogP contribution is 2.34. The monoisotopic (exact) mass is 475 g/mol. The minimum Gasteiger partial charge on any atom is -0.489 e. The number of aliphatic carboxylic acids is 1. The van der Waals surface area contributed by atoms with E-state index in [-0.39, 0.29) is 19.4 Å².